The summed E-state index contributed by atoms with van der Waals surface area (Å²) in [5.74, 6) is -1.36. The molecule has 1 unspecified atom stereocenters. The van der Waals surface area contributed by atoms with E-state index in [1.807, 2.05) is 4.57 Å². The van der Waals surface area contributed by atoms with Crippen LogP contribution in [-0.2, 0) is 9.53 Å². The van der Waals surface area contributed by atoms with Crippen LogP contribution in [0.25, 0.3) is 11.0 Å². The first kappa shape index (κ1) is 14.8. The number of ether oxygens (including phenoxy) is 1. The number of fused-ring (bicyclic) bond motifs is 1. The van der Waals surface area contributed by atoms with Gasteiger partial charge in [-0.05, 0) is 28.4 Å². The van der Waals surface area contributed by atoms with E-state index in [9.17, 15) is 9.18 Å². The number of rotatable bonds is 4. The van der Waals surface area contributed by atoms with Crippen molar-refractivity contribution < 1.29 is 19.0 Å². The van der Waals surface area contributed by atoms with Crippen molar-refractivity contribution in [1.82, 2.24) is 9.55 Å². The van der Waals surface area contributed by atoms with Gasteiger partial charge in [0.2, 0.25) is 0 Å². The Kier molecular flexibility index (Phi) is 4.19. The lowest BCUT2D eigenvalue weighted by atomic mass is 10.2. The van der Waals surface area contributed by atoms with E-state index in [0.29, 0.717) is 33.9 Å². The summed E-state index contributed by atoms with van der Waals surface area (Å²) in [6, 6.07) is 3.10. The summed E-state index contributed by atoms with van der Waals surface area (Å²) in [5, 5.41) is 9.43. The predicted molar refractivity (Wildman–Crippen MR) is 80.2 cm³/mol. The van der Waals surface area contributed by atoms with Gasteiger partial charge >= 0.3 is 5.97 Å². The average Bonchev–Trinajstić information content (AvgIpc) is 3.04. The highest BCUT2D eigenvalue weighted by Crippen LogP contribution is 2.33. The van der Waals surface area contributed by atoms with E-state index >= 15 is 0 Å². The summed E-state index contributed by atoms with van der Waals surface area (Å²) in [6.07, 6.45) is 0.809. The zero-order valence-corrected chi connectivity index (χ0v) is 13.3. The fraction of sp³-hybridized carbons (Fsp3) is 0.385. The maximum absolute atomic E-state index is 13.8. The highest BCUT2D eigenvalue weighted by atomic mass is 79.9. The van der Waals surface area contributed by atoms with Crippen molar-refractivity contribution >= 4 is 44.7 Å². The lowest BCUT2D eigenvalue weighted by Gasteiger charge is -2.14. The molecule has 2 aromatic rings. The van der Waals surface area contributed by atoms with Gasteiger partial charge in [-0.1, -0.05) is 11.8 Å². The van der Waals surface area contributed by atoms with Crippen LogP contribution in [0.4, 0.5) is 4.39 Å². The molecule has 3 rings (SSSR count). The molecule has 1 saturated heterocycles. The number of carboxylic acid groups (broad SMARTS) is 1. The highest BCUT2D eigenvalue weighted by molar-refractivity contribution is 9.10. The van der Waals surface area contributed by atoms with E-state index in [2.05, 4.69) is 20.9 Å². The van der Waals surface area contributed by atoms with Crippen molar-refractivity contribution in [2.75, 3.05) is 19.0 Å². The quantitative estimate of drug-likeness (QED) is 0.833. The van der Waals surface area contributed by atoms with Gasteiger partial charge in [-0.15, -0.1) is 0 Å². The molecular formula is C13H12BrFN2O3S. The standard InChI is InChI=1S/C13H12BrFN2O3S/c14-8-3-10-11(4-9(8)15)17(7-1-2-20-5-7)13(16-10)21-6-12(18)19/h3-4,7H,1-2,5-6H2,(H,18,19). The summed E-state index contributed by atoms with van der Waals surface area (Å²) in [5.41, 5.74) is 1.31. The van der Waals surface area contributed by atoms with E-state index in [0.717, 1.165) is 18.2 Å². The third-order valence-electron chi connectivity index (χ3n) is 3.29. The summed E-state index contributed by atoms with van der Waals surface area (Å²) in [7, 11) is 0. The van der Waals surface area contributed by atoms with Crippen LogP contribution in [0.1, 0.15) is 12.5 Å². The number of aliphatic carboxylic acids is 1. The Morgan fingerprint density at radius 2 is 2.43 bits per heavy atom. The highest BCUT2D eigenvalue weighted by Gasteiger charge is 2.24. The van der Waals surface area contributed by atoms with Gasteiger partial charge in [0.1, 0.15) is 5.82 Å². The van der Waals surface area contributed by atoms with E-state index < -0.39 is 5.97 Å². The SMILES string of the molecule is O=C(O)CSc1nc2cc(Br)c(F)cc2n1C1CCOC1. The maximum Gasteiger partial charge on any atom is 0.313 e. The molecule has 1 atom stereocenters. The van der Waals surface area contributed by atoms with E-state index in [1.54, 1.807) is 6.07 Å². The zero-order chi connectivity index (χ0) is 15.0. The van der Waals surface area contributed by atoms with Crippen LogP contribution in [0, 0.1) is 5.82 Å². The van der Waals surface area contributed by atoms with Gasteiger partial charge in [0.05, 0.1) is 33.9 Å². The Bertz CT molecular complexity index is 700. The fourth-order valence-electron chi connectivity index (χ4n) is 2.37. The summed E-state index contributed by atoms with van der Waals surface area (Å²) >= 11 is 4.28. The minimum atomic E-state index is -0.909. The normalized spacial score (nSPS) is 18.5. The Morgan fingerprint density at radius 3 is 3.10 bits per heavy atom. The fourth-order valence-corrected chi connectivity index (χ4v) is 3.51. The molecule has 0 aliphatic carbocycles. The zero-order valence-electron chi connectivity index (χ0n) is 10.9. The molecule has 2 heterocycles. The van der Waals surface area contributed by atoms with Gasteiger partial charge < -0.3 is 14.4 Å². The number of carbonyl (C=O) groups is 1. The number of imidazole rings is 1. The van der Waals surface area contributed by atoms with Crippen molar-refractivity contribution in [3.63, 3.8) is 0 Å². The Labute approximate surface area is 132 Å². The maximum atomic E-state index is 13.8. The van der Waals surface area contributed by atoms with Crippen LogP contribution in [0.2, 0.25) is 0 Å². The number of carboxylic acids is 1. The van der Waals surface area contributed by atoms with Gasteiger partial charge in [-0.2, -0.15) is 0 Å². The minimum absolute atomic E-state index is 0.0619. The molecule has 1 aromatic heterocycles. The van der Waals surface area contributed by atoms with Crippen LogP contribution in [-0.4, -0.2) is 39.6 Å². The first-order chi connectivity index (χ1) is 10.1. The molecule has 1 aromatic carbocycles. The second kappa shape index (κ2) is 5.94. The number of aromatic nitrogens is 2. The number of nitrogens with zero attached hydrogens (tertiary/aromatic N) is 2. The Balaban J connectivity index is 2.10. The van der Waals surface area contributed by atoms with Crippen LogP contribution in [0.5, 0.6) is 0 Å². The molecule has 0 amide bonds. The third-order valence-corrected chi connectivity index (χ3v) is 4.84. The van der Waals surface area contributed by atoms with Crippen molar-refractivity contribution in [1.29, 1.82) is 0 Å². The van der Waals surface area contributed by atoms with Crippen molar-refractivity contribution in [2.45, 2.75) is 17.6 Å². The van der Waals surface area contributed by atoms with Crippen LogP contribution in [0.15, 0.2) is 21.8 Å². The van der Waals surface area contributed by atoms with Crippen molar-refractivity contribution in [3.05, 3.63) is 22.4 Å². The topological polar surface area (TPSA) is 64.3 Å². The van der Waals surface area contributed by atoms with Gasteiger partial charge in [0, 0.05) is 12.7 Å². The number of benzene rings is 1. The molecule has 1 aliphatic rings. The molecule has 5 nitrogen and oxygen atoms in total. The second-order valence-corrected chi connectivity index (χ2v) is 6.52. The molecule has 112 valence electrons. The molecule has 0 saturated carbocycles. The number of thioether (sulfide) groups is 1. The van der Waals surface area contributed by atoms with E-state index in [4.69, 9.17) is 9.84 Å². The summed E-state index contributed by atoms with van der Waals surface area (Å²) in [6.45, 7) is 1.18. The average molecular weight is 375 g/mol. The van der Waals surface area contributed by atoms with Gasteiger partial charge in [0.25, 0.3) is 0 Å². The van der Waals surface area contributed by atoms with Gasteiger partial charge in [-0.3, -0.25) is 4.79 Å². The summed E-state index contributed by atoms with van der Waals surface area (Å²) in [4.78, 5) is 15.2. The first-order valence-electron chi connectivity index (χ1n) is 6.35. The van der Waals surface area contributed by atoms with E-state index in [-0.39, 0.29) is 17.6 Å². The molecule has 0 bridgehead atoms. The molecule has 1 aliphatic heterocycles. The Hall–Kier alpha value is -1.12. The largest absolute Gasteiger partial charge is 0.481 e. The Morgan fingerprint density at radius 1 is 1.62 bits per heavy atom. The molecule has 21 heavy (non-hydrogen) atoms. The molecule has 1 N–H and O–H groups in total. The van der Waals surface area contributed by atoms with Crippen LogP contribution < -0.4 is 0 Å². The first-order valence-corrected chi connectivity index (χ1v) is 8.13. The molecular weight excluding hydrogens is 363 g/mol. The van der Waals surface area contributed by atoms with Crippen molar-refractivity contribution in [2.24, 2.45) is 0 Å². The molecule has 0 spiro atoms. The second-order valence-electron chi connectivity index (χ2n) is 4.72. The third kappa shape index (κ3) is 2.93. The molecule has 8 heteroatoms. The smallest absolute Gasteiger partial charge is 0.313 e. The lowest BCUT2D eigenvalue weighted by Crippen LogP contribution is -2.11. The molecule has 1 fully saturated rings. The number of hydrogen-bond acceptors (Lipinski definition) is 4. The number of hydrogen-bond donors (Lipinski definition) is 1. The van der Waals surface area contributed by atoms with Crippen LogP contribution in [0.3, 0.4) is 0 Å². The van der Waals surface area contributed by atoms with Crippen molar-refractivity contribution in [3.8, 4) is 0 Å². The summed E-state index contributed by atoms with van der Waals surface area (Å²) < 4.78 is 21.4. The lowest BCUT2D eigenvalue weighted by molar-refractivity contribution is -0.133. The number of halogens is 2. The molecule has 0 radical (unpaired) electrons. The van der Waals surface area contributed by atoms with E-state index in [1.165, 1.54) is 6.07 Å². The van der Waals surface area contributed by atoms with Gasteiger partial charge in [0.15, 0.2) is 5.16 Å². The van der Waals surface area contributed by atoms with Gasteiger partial charge in [-0.25, -0.2) is 9.37 Å². The predicted octanol–water partition coefficient (Wildman–Crippen LogP) is 3.08. The van der Waals surface area contributed by atoms with Crippen LogP contribution >= 0.6 is 27.7 Å². The monoisotopic (exact) mass is 374 g/mol. The minimum Gasteiger partial charge on any atom is -0.481 e.